The van der Waals surface area contributed by atoms with Crippen LogP contribution in [0.15, 0.2) is 30.3 Å². The van der Waals surface area contributed by atoms with Crippen LogP contribution < -0.4 is 0 Å². The van der Waals surface area contributed by atoms with E-state index in [1.807, 2.05) is 13.8 Å². The average Bonchev–Trinajstić information content (AvgIpc) is 2.57. The Balaban J connectivity index is 1.85. The lowest BCUT2D eigenvalue weighted by Crippen LogP contribution is -2.49. The molecule has 1 fully saturated rings. The largest absolute Gasteiger partial charge is 0.452 e. The molecule has 1 aromatic carbocycles. The third-order valence-corrected chi connectivity index (χ3v) is 3.60. The van der Waals surface area contributed by atoms with Crippen LogP contribution in [0.25, 0.3) is 6.08 Å². The van der Waals surface area contributed by atoms with E-state index >= 15 is 0 Å². The predicted molar refractivity (Wildman–Crippen MR) is 89.7 cm³/mol. The fraction of sp³-hybridized carbons (Fsp3) is 0.412. The molecular weight excluding hydrogens is 328 g/mol. The topological polar surface area (TPSA) is 99.0 Å². The number of morpholine rings is 1. The molecule has 2 rings (SSSR count). The lowest BCUT2D eigenvalue weighted by molar-refractivity contribution is -0.384. The van der Waals surface area contributed by atoms with Gasteiger partial charge in [0.15, 0.2) is 6.61 Å². The number of hydrogen-bond donors (Lipinski definition) is 0. The molecule has 134 valence electrons. The summed E-state index contributed by atoms with van der Waals surface area (Å²) in [5.74, 6) is -0.965. The van der Waals surface area contributed by atoms with Gasteiger partial charge in [0.25, 0.3) is 11.6 Å². The van der Waals surface area contributed by atoms with Crippen LogP contribution >= 0.6 is 0 Å². The highest BCUT2D eigenvalue weighted by molar-refractivity contribution is 5.89. The Morgan fingerprint density at radius 2 is 2.04 bits per heavy atom. The second-order valence-corrected chi connectivity index (χ2v) is 5.85. The molecule has 1 saturated heterocycles. The van der Waals surface area contributed by atoms with Crippen molar-refractivity contribution >= 4 is 23.6 Å². The fourth-order valence-electron chi connectivity index (χ4n) is 2.56. The van der Waals surface area contributed by atoms with E-state index in [0.717, 1.165) is 6.08 Å². The Hall–Kier alpha value is -2.74. The maximum absolute atomic E-state index is 12.1. The first-order valence-corrected chi connectivity index (χ1v) is 7.87. The van der Waals surface area contributed by atoms with E-state index in [1.165, 1.54) is 24.3 Å². The van der Waals surface area contributed by atoms with Gasteiger partial charge in [-0.15, -0.1) is 0 Å². The molecule has 1 aliphatic rings. The molecule has 1 aliphatic heterocycles. The van der Waals surface area contributed by atoms with Gasteiger partial charge in [0.2, 0.25) is 0 Å². The van der Waals surface area contributed by atoms with Crippen LogP contribution in [0, 0.1) is 10.1 Å². The third kappa shape index (κ3) is 5.68. The first-order chi connectivity index (χ1) is 11.8. The fourth-order valence-corrected chi connectivity index (χ4v) is 2.56. The van der Waals surface area contributed by atoms with Gasteiger partial charge in [0.1, 0.15) is 0 Å². The summed E-state index contributed by atoms with van der Waals surface area (Å²) in [4.78, 5) is 35.6. The zero-order valence-corrected chi connectivity index (χ0v) is 14.1. The Morgan fingerprint density at radius 3 is 2.68 bits per heavy atom. The maximum Gasteiger partial charge on any atom is 0.331 e. The molecule has 1 amide bonds. The van der Waals surface area contributed by atoms with Crippen molar-refractivity contribution in [3.05, 3.63) is 46.0 Å². The maximum atomic E-state index is 12.1. The smallest absolute Gasteiger partial charge is 0.331 e. The van der Waals surface area contributed by atoms with E-state index in [2.05, 4.69) is 0 Å². The molecule has 0 saturated carbocycles. The molecule has 0 N–H and O–H groups in total. The number of amides is 1. The van der Waals surface area contributed by atoms with Gasteiger partial charge in [-0.2, -0.15) is 0 Å². The number of carbonyl (C=O) groups is 2. The van der Waals surface area contributed by atoms with Crippen LogP contribution in [0.4, 0.5) is 5.69 Å². The summed E-state index contributed by atoms with van der Waals surface area (Å²) in [5.41, 5.74) is 0.426. The highest BCUT2D eigenvalue weighted by Crippen LogP contribution is 2.14. The molecule has 2 atom stereocenters. The van der Waals surface area contributed by atoms with Crippen molar-refractivity contribution in [1.29, 1.82) is 0 Å². The molecule has 0 aliphatic carbocycles. The minimum atomic E-state index is -0.686. The molecule has 0 aromatic heterocycles. The lowest BCUT2D eigenvalue weighted by atomic mass is 10.2. The van der Waals surface area contributed by atoms with Crippen LogP contribution in [-0.4, -0.2) is 53.6 Å². The average molecular weight is 348 g/mol. The minimum Gasteiger partial charge on any atom is -0.452 e. The molecular formula is C17H20N2O6. The molecule has 0 unspecified atom stereocenters. The van der Waals surface area contributed by atoms with E-state index in [9.17, 15) is 19.7 Å². The number of non-ortho nitro benzene ring substituents is 1. The third-order valence-electron chi connectivity index (χ3n) is 3.60. The Bertz CT molecular complexity index is 677. The van der Waals surface area contributed by atoms with E-state index < -0.39 is 10.9 Å². The van der Waals surface area contributed by atoms with Crippen molar-refractivity contribution in [2.24, 2.45) is 0 Å². The number of hydrogen-bond acceptors (Lipinski definition) is 6. The summed E-state index contributed by atoms with van der Waals surface area (Å²) in [7, 11) is 0. The molecule has 0 bridgehead atoms. The van der Waals surface area contributed by atoms with E-state index in [1.54, 1.807) is 11.0 Å². The minimum absolute atomic E-state index is 0.0582. The van der Waals surface area contributed by atoms with Gasteiger partial charge >= 0.3 is 5.97 Å². The monoisotopic (exact) mass is 348 g/mol. The Morgan fingerprint density at radius 1 is 1.36 bits per heavy atom. The normalized spacial score (nSPS) is 20.5. The van der Waals surface area contributed by atoms with Gasteiger partial charge in [0.05, 0.1) is 17.1 Å². The predicted octanol–water partition coefficient (Wildman–Crippen LogP) is 1.79. The Kier molecular flexibility index (Phi) is 6.24. The molecule has 1 aromatic rings. The second-order valence-electron chi connectivity index (χ2n) is 5.85. The van der Waals surface area contributed by atoms with Crippen molar-refractivity contribution in [3.8, 4) is 0 Å². The summed E-state index contributed by atoms with van der Waals surface area (Å²) in [6, 6.07) is 5.84. The molecule has 8 nitrogen and oxygen atoms in total. The summed E-state index contributed by atoms with van der Waals surface area (Å²) in [5, 5.41) is 10.7. The van der Waals surface area contributed by atoms with E-state index in [4.69, 9.17) is 9.47 Å². The number of benzene rings is 1. The summed E-state index contributed by atoms with van der Waals surface area (Å²) >= 11 is 0. The van der Waals surface area contributed by atoms with Gasteiger partial charge in [-0.05, 0) is 25.5 Å². The summed E-state index contributed by atoms with van der Waals surface area (Å²) in [6.07, 6.45) is 2.42. The van der Waals surface area contributed by atoms with Crippen molar-refractivity contribution in [2.45, 2.75) is 26.1 Å². The number of nitrogens with zero attached hydrogens (tertiary/aromatic N) is 2. The molecule has 1 heterocycles. The quantitative estimate of drug-likeness (QED) is 0.348. The van der Waals surface area contributed by atoms with Crippen LogP contribution in [-0.2, 0) is 19.1 Å². The van der Waals surface area contributed by atoms with Crippen LogP contribution in [0.2, 0.25) is 0 Å². The second kappa shape index (κ2) is 8.39. The molecule has 0 radical (unpaired) electrons. The zero-order chi connectivity index (χ0) is 18.4. The van der Waals surface area contributed by atoms with Crippen molar-refractivity contribution in [2.75, 3.05) is 19.7 Å². The van der Waals surface area contributed by atoms with Crippen LogP contribution in [0.5, 0.6) is 0 Å². The lowest BCUT2D eigenvalue weighted by Gasteiger charge is -2.35. The van der Waals surface area contributed by atoms with E-state index in [-0.39, 0.29) is 30.4 Å². The summed E-state index contributed by atoms with van der Waals surface area (Å²) < 4.78 is 10.5. The Labute approximate surface area is 145 Å². The molecule has 8 heteroatoms. The van der Waals surface area contributed by atoms with Gasteiger partial charge in [0, 0.05) is 31.3 Å². The van der Waals surface area contributed by atoms with Crippen LogP contribution in [0.1, 0.15) is 19.4 Å². The first kappa shape index (κ1) is 18.6. The number of ether oxygens (including phenoxy) is 2. The molecule has 0 spiro atoms. The number of nitro benzene ring substituents is 1. The van der Waals surface area contributed by atoms with Crippen molar-refractivity contribution < 1.29 is 24.0 Å². The van der Waals surface area contributed by atoms with Gasteiger partial charge in [-0.3, -0.25) is 14.9 Å². The van der Waals surface area contributed by atoms with Gasteiger partial charge < -0.3 is 14.4 Å². The number of nitro groups is 1. The standard InChI is InChI=1S/C17H20N2O6/c1-12-9-18(10-13(2)25-12)16(20)11-24-17(21)7-6-14-4-3-5-15(8-14)19(22)23/h3-8,12-13H,9-11H2,1-2H3/b7-6+/t12-,13-/m0/s1. The number of rotatable bonds is 5. The highest BCUT2D eigenvalue weighted by atomic mass is 16.6. The molecule has 25 heavy (non-hydrogen) atoms. The van der Waals surface area contributed by atoms with Crippen molar-refractivity contribution in [1.82, 2.24) is 4.90 Å². The first-order valence-electron chi connectivity index (χ1n) is 7.87. The SMILES string of the molecule is C[C@H]1CN(C(=O)COC(=O)/C=C/c2cccc([N+](=O)[O-])c2)C[C@H](C)O1. The van der Waals surface area contributed by atoms with Crippen molar-refractivity contribution in [3.63, 3.8) is 0 Å². The number of esters is 1. The zero-order valence-electron chi connectivity index (χ0n) is 14.1. The van der Waals surface area contributed by atoms with Crippen LogP contribution in [0.3, 0.4) is 0 Å². The van der Waals surface area contributed by atoms with Gasteiger partial charge in [-0.1, -0.05) is 12.1 Å². The highest BCUT2D eigenvalue weighted by Gasteiger charge is 2.26. The van der Waals surface area contributed by atoms with Gasteiger partial charge in [-0.25, -0.2) is 4.79 Å². The summed E-state index contributed by atoms with van der Waals surface area (Å²) in [6.45, 7) is 4.33. The van der Waals surface area contributed by atoms with E-state index in [0.29, 0.717) is 18.7 Å². The number of carbonyl (C=O) groups excluding carboxylic acids is 2.